The van der Waals surface area contributed by atoms with Crippen LogP contribution in [0.3, 0.4) is 0 Å². The Balaban J connectivity index is 3.20. The molecule has 1 aromatic carbocycles. The highest BCUT2D eigenvalue weighted by molar-refractivity contribution is 6.01. The summed E-state index contributed by atoms with van der Waals surface area (Å²) >= 11 is 0. The van der Waals surface area contributed by atoms with Gasteiger partial charge in [-0.25, -0.2) is 4.79 Å². The summed E-state index contributed by atoms with van der Waals surface area (Å²) in [7, 11) is 0. The first-order valence-electron chi connectivity index (χ1n) is 11.0. The molecule has 180 valence electrons. The molecule has 0 saturated heterocycles. The number of benzene rings is 1. The van der Waals surface area contributed by atoms with Crippen molar-refractivity contribution < 1.29 is 29.1 Å². The van der Waals surface area contributed by atoms with Crippen molar-refractivity contribution >= 4 is 23.8 Å². The average Bonchev–Trinajstić information content (AvgIpc) is 2.79. The molecule has 10 heteroatoms. The summed E-state index contributed by atoms with van der Waals surface area (Å²) in [5.74, 6) is -1.76. The van der Waals surface area contributed by atoms with Crippen LogP contribution >= 0.6 is 0 Å². The average molecular weight is 462 g/mol. The number of rotatable bonds is 12. The molecule has 0 aliphatic heterocycles. The van der Waals surface area contributed by atoms with Crippen LogP contribution in [0.2, 0.25) is 0 Å². The van der Waals surface area contributed by atoms with Gasteiger partial charge in [-0.3, -0.25) is 14.9 Å². The molecule has 1 amide bonds. The van der Waals surface area contributed by atoms with E-state index in [0.717, 1.165) is 43.9 Å². The quantitative estimate of drug-likeness (QED) is 0.117. The number of carbonyl (C=O) groups excluding carboxylic acids is 2. The molecule has 1 rings (SSSR count). The fourth-order valence-electron chi connectivity index (χ4n) is 3.11. The normalized spacial score (nSPS) is 11.9. The number of unbranched alkanes of at least 4 members (excludes halogenated alkanes) is 1. The Bertz CT molecular complexity index is 917. The van der Waals surface area contributed by atoms with Gasteiger partial charge < -0.3 is 19.5 Å². The molecule has 0 aliphatic rings. The number of nitrogens with zero attached hydrogens (tertiary/aromatic N) is 3. The Morgan fingerprint density at radius 1 is 1.27 bits per heavy atom. The lowest BCUT2D eigenvalue weighted by molar-refractivity contribution is -0.385. The minimum Gasteiger partial charge on any atom is -0.499 e. The van der Waals surface area contributed by atoms with Gasteiger partial charge in [0, 0.05) is 19.2 Å². The molecule has 1 unspecified atom stereocenters. The number of nitro groups is 1. The van der Waals surface area contributed by atoms with Crippen LogP contribution in [0.25, 0.3) is 6.08 Å². The minimum absolute atomic E-state index is 0.0359. The van der Waals surface area contributed by atoms with Crippen molar-refractivity contribution in [3.63, 3.8) is 0 Å². The third-order valence-electron chi connectivity index (χ3n) is 5.16. The van der Waals surface area contributed by atoms with Crippen LogP contribution < -0.4 is 4.74 Å². The highest BCUT2D eigenvalue weighted by Gasteiger charge is 2.24. The largest absolute Gasteiger partial charge is 0.513 e. The molecule has 33 heavy (non-hydrogen) atoms. The first-order valence-corrected chi connectivity index (χ1v) is 11.0. The molecule has 1 atom stereocenters. The minimum atomic E-state index is -1.12. The van der Waals surface area contributed by atoms with E-state index in [-0.39, 0.29) is 23.7 Å². The van der Waals surface area contributed by atoms with Crippen molar-refractivity contribution in [2.75, 3.05) is 19.7 Å². The fourth-order valence-corrected chi connectivity index (χ4v) is 3.11. The van der Waals surface area contributed by atoms with Gasteiger partial charge in [-0.2, -0.15) is 5.26 Å². The number of phenolic OH excluding ortho intramolecular Hbond substituents is 1. The highest BCUT2D eigenvalue weighted by Crippen LogP contribution is 2.38. The van der Waals surface area contributed by atoms with E-state index >= 15 is 0 Å². The van der Waals surface area contributed by atoms with Crippen molar-refractivity contribution in [3.05, 3.63) is 33.4 Å². The van der Waals surface area contributed by atoms with Gasteiger partial charge >= 0.3 is 11.8 Å². The predicted octanol–water partition coefficient (Wildman–Crippen LogP) is 4.81. The monoisotopic (exact) mass is 461 g/mol. The number of amides is 1. The molecular weight excluding hydrogens is 430 g/mol. The summed E-state index contributed by atoms with van der Waals surface area (Å²) in [6, 6.07) is 3.90. The first kappa shape index (κ1) is 27.4. The van der Waals surface area contributed by atoms with Crippen LogP contribution in [-0.2, 0) is 9.53 Å². The number of carbonyl (C=O) groups is 2. The summed E-state index contributed by atoms with van der Waals surface area (Å²) in [4.78, 5) is 36.6. The zero-order valence-corrected chi connectivity index (χ0v) is 19.5. The Morgan fingerprint density at radius 2 is 1.94 bits per heavy atom. The lowest BCUT2D eigenvalue weighted by Gasteiger charge is -2.17. The molecule has 0 spiro atoms. The van der Waals surface area contributed by atoms with E-state index in [1.54, 1.807) is 19.9 Å². The molecular formula is C23H31N3O7. The summed E-state index contributed by atoms with van der Waals surface area (Å²) in [6.45, 7) is 8.42. The second-order valence-corrected chi connectivity index (χ2v) is 7.37. The van der Waals surface area contributed by atoms with Crippen LogP contribution in [-0.4, -0.2) is 46.7 Å². The van der Waals surface area contributed by atoms with Gasteiger partial charge in [0.2, 0.25) is 5.75 Å². The molecule has 0 aliphatic carbocycles. The van der Waals surface area contributed by atoms with Gasteiger partial charge in [0.05, 0.1) is 11.5 Å². The second-order valence-electron chi connectivity index (χ2n) is 7.37. The van der Waals surface area contributed by atoms with Crippen molar-refractivity contribution in [1.82, 2.24) is 4.90 Å². The van der Waals surface area contributed by atoms with E-state index in [1.807, 2.05) is 6.92 Å². The Labute approximate surface area is 193 Å². The molecule has 10 nitrogen and oxygen atoms in total. The molecule has 0 heterocycles. The van der Waals surface area contributed by atoms with E-state index in [4.69, 9.17) is 9.47 Å². The number of aromatic hydroxyl groups is 1. The van der Waals surface area contributed by atoms with Crippen LogP contribution in [0, 0.1) is 27.4 Å². The Morgan fingerprint density at radius 3 is 2.45 bits per heavy atom. The molecule has 1 aromatic rings. The van der Waals surface area contributed by atoms with E-state index < -0.39 is 34.2 Å². The lowest BCUT2D eigenvalue weighted by atomic mass is 10.0. The summed E-state index contributed by atoms with van der Waals surface area (Å²) < 4.78 is 10.1. The molecule has 0 radical (unpaired) electrons. The van der Waals surface area contributed by atoms with Crippen LogP contribution in [0.1, 0.15) is 58.9 Å². The SMILES string of the molecule is CCCCC(CC)COC(=O)Oc1cc(/C=C(/C#N)C(=O)N(CC)CC)cc([N+](=O)[O-])c1O. The van der Waals surface area contributed by atoms with E-state index in [9.17, 15) is 30.1 Å². The summed E-state index contributed by atoms with van der Waals surface area (Å²) in [5, 5.41) is 31.0. The highest BCUT2D eigenvalue weighted by atomic mass is 16.7. The van der Waals surface area contributed by atoms with E-state index in [0.29, 0.717) is 13.1 Å². The van der Waals surface area contributed by atoms with Crippen LogP contribution in [0.15, 0.2) is 17.7 Å². The number of ether oxygens (including phenoxy) is 2. The van der Waals surface area contributed by atoms with Gasteiger partial charge in [-0.15, -0.1) is 0 Å². The lowest BCUT2D eigenvalue weighted by Crippen LogP contribution is -2.31. The molecule has 0 bridgehead atoms. The van der Waals surface area contributed by atoms with E-state index in [1.165, 1.54) is 4.90 Å². The molecule has 0 aromatic heterocycles. The maximum Gasteiger partial charge on any atom is 0.513 e. The third-order valence-corrected chi connectivity index (χ3v) is 5.16. The third kappa shape index (κ3) is 8.11. The topological polar surface area (TPSA) is 143 Å². The zero-order chi connectivity index (χ0) is 25.0. The van der Waals surface area contributed by atoms with Crippen molar-refractivity contribution in [3.8, 4) is 17.6 Å². The van der Waals surface area contributed by atoms with Crippen LogP contribution in [0.4, 0.5) is 10.5 Å². The summed E-state index contributed by atoms with van der Waals surface area (Å²) in [5.41, 5.74) is -0.962. The number of hydrogen-bond donors (Lipinski definition) is 1. The smallest absolute Gasteiger partial charge is 0.499 e. The van der Waals surface area contributed by atoms with Crippen molar-refractivity contribution in [2.45, 2.75) is 53.4 Å². The Hall–Kier alpha value is -3.61. The molecule has 0 saturated carbocycles. The number of likely N-dealkylation sites (N-methyl/N-ethyl adjacent to an activating group) is 1. The van der Waals surface area contributed by atoms with Crippen molar-refractivity contribution in [2.24, 2.45) is 5.92 Å². The van der Waals surface area contributed by atoms with Crippen molar-refractivity contribution in [1.29, 1.82) is 5.26 Å². The molecule has 1 N–H and O–H groups in total. The molecule has 0 fully saturated rings. The predicted molar refractivity (Wildman–Crippen MR) is 122 cm³/mol. The van der Waals surface area contributed by atoms with Gasteiger partial charge in [0.1, 0.15) is 11.6 Å². The van der Waals surface area contributed by atoms with Crippen LogP contribution in [0.5, 0.6) is 11.5 Å². The number of hydrogen-bond acceptors (Lipinski definition) is 8. The maximum absolute atomic E-state index is 12.5. The maximum atomic E-state index is 12.5. The summed E-state index contributed by atoms with van der Waals surface area (Å²) in [6.07, 6.45) is 3.72. The number of nitriles is 1. The van der Waals surface area contributed by atoms with E-state index in [2.05, 4.69) is 6.92 Å². The first-order chi connectivity index (χ1) is 15.7. The number of phenols is 1. The van der Waals surface area contributed by atoms with Gasteiger partial charge in [-0.05, 0) is 43.9 Å². The second kappa shape index (κ2) is 13.7. The van der Waals surface area contributed by atoms with Gasteiger partial charge in [0.15, 0.2) is 5.75 Å². The van der Waals surface area contributed by atoms with Gasteiger partial charge in [-0.1, -0.05) is 33.1 Å². The van der Waals surface area contributed by atoms with Gasteiger partial charge in [0.25, 0.3) is 5.91 Å². The standard InChI is InChI=1S/C23H31N3O7/c1-5-9-10-16(6-2)15-32-23(29)33-20-13-17(12-19(21(20)27)26(30)31)11-18(14-24)22(28)25(7-3)8-4/h11-13,16,27H,5-10,15H2,1-4H3/b18-11-. The Kier molecular flexibility index (Phi) is 11.4. The zero-order valence-electron chi connectivity index (χ0n) is 19.5. The fraction of sp³-hybridized carbons (Fsp3) is 0.522. The number of nitro benzene ring substituents is 1.